The summed E-state index contributed by atoms with van der Waals surface area (Å²) in [5.41, 5.74) is 2.41. The molecule has 1 saturated heterocycles. The number of hydrogen-bond acceptors (Lipinski definition) is 7. The Morgan fingerprint density at radius 3 is 2.52 bits per heavy atom. The number of nitrogens with zero attached hydrogens (tertiary/aromatic N) is 5. The van der Waals surface area contributed by atoms with Gasteiger partial charge < -0.3 is 19.9 Å². The Balaban J connectivity index is 1.35. The van der Waals surface area contributed by atoms with Gasteiger partial charge in [0.1, 0.15) is 5.75 Å². The zero-order chi connectivity index (χ0) is 20.1. The quantitative estimate of drug-likeness (QED) is 0.614. The van der Waals surface area contributed by atoms with E-state index in [1.165, 1.54) is 11.3 Å². The smallest absolute Gasteiger partial charge is 0.218 e. The summed E-state index contributed by atoms with van der Waals surface area (Å²) in [6.07, 6.45) is 2.06. The van der Waals surface area contributed by atoms with Gasteiger partial charge in [0, 0.05) is 51.2 Å². The molecule has 154 valence electrons. The average molecular weight is 413 g/mol. The highest BCUT2D eigenvalue weighted by Gasteiger charge is 2.19. The maximum atomic E-state index is 5.50. The Bertz CT molecular complexity index is 898. The summed E-state index contributed by atoms with van der Waals surface area (Å²) in [6, 6.07) is 12.4. The molecule has 1 fully saturated rings. The molecule has 0 spiro atoms. The Morgan fingerprint density at radius 2 is 1.76 bits per heavy atom. The fourth-order valence-corrected chi connectivity index (χ4v) is 4.30. The van der Waals surface area contributed by atoms with Crippen molar-refractivity contribution in [2.75, 3.05) is 44.7 Å². The molecule has 2 aromatic heterocycles. The van der Waals surface area contributed by atoms with Gasteiger partial charge in [-0.25, -0.2) is 0 Å². The van der Waals surface area contributed by atoms with Crippen LogP contribution in [0.5, 0.6) is 5.75 Å². The number of rotatable bonds is 8. The lowest BCUT2D eigenvalue weighted by Gasteiger charge is -2.31. The van der Waals surface area contributed by atoms with Gasteiger partial charge in [-0.2, -0.15) is 0 Å². The van der Waals surface area contributed by atoms with Gasteiger partial charge >= 0.3 is 0 Å². The number of aromatic nitrogens is 3. The zero-order valence-corrected chi connectivity index (χ0v) is 17.9. The van der Waals surface area contributed by atoms with E-state index in [1.807, 2.05) is 19.1 Å². The van der Waals surface area contributed by atoms with Gasteiger partial charge in [0.05, 0.1) is 6.61 Å². The maximum absolute atomic E-state index is 5.50. The molecule has 0 unspecified atom stereocenters. The summed E-state index contributed by atoms with van der Waals surface area (Å²) in [5.74, 6) is 0.914. The van der Waals surface area contributed by atoms with Crippen LogP contribution in [-0.2, 0) is 13.1 Å². The highest BCUT2D eigenvalue weighted by atomic mass is 32.1. The summed E-state index contributed by atoms with van der Waals surface area (Å²) in [6.45, 7) is 8.41. The molecule has 7 nitrogen and oxygen atoms in total. The van der Waals surface area contributed by atoms with E-state index >= 15 is 0 Å². The second-order valence-electron chi connectivity index (χ2n) is 7.21. The van der Waals surface area contributed by atoms with Crippen LogP contribution in [0.2, 0.25) is 0 Å². The van der Waals surface area contributed by atoms with Crippen LogP contribution in [0, 0.1) is 0 Å². The van der Waals surface area contributed by atoms with Crippen molar-refractivity contribution < 1.29 is 4.74 Å². The van der Waals surface area contributed by atoms with Crippen LogP contribution < -0.4 is 15.0 Å². The Morgan fingerprint density at radius 1 is 1.00 bits per heavy atom. The monoisotopic (exact) mass is 412 g/mol. The Hall–Kier alpha value is -2.42. The van der Waals surface area contributed by atoms with Gasteiger partial charge in [-0.15, -0.1) is 10.2 Å². The largest absolute Gasteiger partial charge is 0.494 e. The first-order valence-corrected chi connectivity index (χ1v) is 10.9. The molecule has 1 aliphatic heterocycles. The van der Waals surface area contributed by atoms with Crippen molar-refractivity contribution in [1.29, 1.82) is 0 Å². The lowest BCUT2D eigenvalue weighted by Crippen LogP contribution is -2.44. The van der Waals surface area contributed by atoms with Gasteiger partial charge in [-0.1, -0.05) is 23.5 Å². The van der Waals surface area contributed by atoms with Crippen molar-refractivity contribution in [2.45, 2.75) is 20.0 Å². The second-order valence-corrected chi connectivity index (χ2v) is 8.14. The minimum absolute atomic E-state index is 0.691. The van der Waals surface area contributed by atoms with Crippen LogP contribution in [-0.4, -0.2) is 59.5 Å². The molecule has 0 saturated carbocycles. The Labute approximate surface area is 175 Å². The van der Waals surface area contributed by atoms with Gasteiger partial charge in [-0.05, 0) is 43.8 Å². The minimum atomic E-state index is 0.691. The van der Waals surface area contributed by atoms with Crippen molar-refractivity contribution in [1.82, 2.24) is 25.0 Å². The highest BCUT2D eigenvalue weighted by Crippen LogP contribution is 2.25. The molecule has 0 atom stereocenters. The van der Waals surface area contributed by atoms with E-state index in [1.54, 1.807) is 11.3 Å². The van der Waals surface area contributed by atoms with Crippen molar-refractivity contribution in [2.24, 2.45) is 0 Å². The van der Waals surface area contributed by atoms with E-state index in [0.29, 0.717) is 6.61 Å². The number of anilines is 1. The molecular formula is C21H28N6OS. The summed E-state index contributed by atoms with van der Waals surface area (Å²) in [4.78, 5) is 4.67. The number of ether oxygens (including phenoxy) is 1. The van der Waals surface area contributed by atoms with Crippen molar-refractivity contribution >= 4 is 16.5 Å². The number of piperazine rings is 1. The Kier molecular flexibility index (Phi) is 6.43. The molecular weight excluding hydrogens is 384 g/mol. The van der Waals surface area contributed by atoms with Crippen molar-refractivity contribution in [3.05, 3.63) is 53.9 Å². The molecule has 3 heterocycles. The fourth-order valence-electron chi connectivity index (χ4n) is 3.38. The SMILES string of the molecule is CCOc1ccc(CNCc2cccn2-c2nnc(N3CCN(C)CC3)s2)cc1. The van der Waals surface area contributed by atoms with Crippen LogP contribution in [0.15, 0.2) is 42.6 Å². The third-order valence-electron chi connectivity index (χ3n) is 5.09. The standard InChI is InChI=1S/C21H28N6OS/c1-3-28-19-8-6-17(7-9-19)15-22-16-18-5-4-10-27(18)21-24-23-20(29-21)26-13-11-25(2)12-14-26/h4-10,22H,3,11-16H2,1-2H3. The molecule has 1 aromatic carbocycles. The molecule has 4 rings (SSSR count). The predicted octanol–water partition coefficient (Wildman–Crippen LogP) is 2.77. The molecule has 29 heavy (non-hydrogen) atoms. The summed E-state index contributed by atoms with van der Waals surface area (Å²) in [7, 11) is 2.16. The summed E-state index contributed by atoms with van der Waals surface area (Å²) in [5, 5.41) is 14.3. The van der Waals surface area contributed by atoms with Crippen LogP contribution in [0.25, 0.3) is 5.13 Å². The topological polar surface area (TPSA) is 58.5 Å². The first kappa shape index (κ1) is 19.9. The summed E-state index contributed by atoms with van der Waals surface area (Å²) < 4.78 is 7.63. The first-order chi connectivity index (χ1) is 14.2. The second kappa shape index (κ2) is 9.39. The minimum Gasteiger partial charge on any atom is -0.494 e. The van der Waals surface area contributed by atoms with Crippen LogP contribution in [0.4, 0.5) is 5.13 Å². The van der Waals surface area contributed by atoms with E-state index in [-0.39, 0.29) is 0 Å². The van der Waals surface area contributed by atoms with E-state index in [2.05, 4.69) is 67.4 Å². The van der Waals surface area contributed by atoms with Crippen LogP contribution in [0.1, 0.15) is 18.2 Å². The van der Waals surface area contributed by atoms with E-state index in [9.17, 15) is 0 Å². The number of hydrogen-bond donors (Lipinski definition) is 1. The van der Waals surface area contributed by atoms with E-state index in [0.717, 1.165) is 55.3 Å². The lowest BCUT2D eigenvalue weighted by molar-refractivity contribution is 0.312. The first-order valence-electron chi connectivity index (χ1n) is 10.1. The number of likely N-dealkylation sites (N-methyl/N-ethyl adjacent to an activating group) is 1. The average Bonchev–Trinajstić information content (AvgIpc) is 3.39. The third-order valence-corrected chi connectivity index (χ3v) is 6.07. The van der Waals surface area contributed by atoms with Crippen LogP contribution >= 0.6 is 11.3 Å². The van der Waals surface area contributed by atoms with Gasteiger partial charge in [-0.3, -0.25) is 4.57 Å². The van der Waals surface area contributed by atoms with E-state index in [4.69, 9.17) is 4.74 Å². The number of nitrogens with one attached hydrogen (secondary N) is 1. The van der Waals surface area contributed by atoms with Gasteiger partial charge in [0.2, 0.25) is 10.3 Å². The molecule has 0 aliphatic carbocycles. The molecule has 8 heteroatoms. The summed E-state index contributed by atoms with van der Waals surface area (Å²) >= 11 is 1.66. The molecule has 0 bridgehead atoms. The molecule has 3 aromatic rings. The predicted molar refractivity (Wildman–Crippen MR) is 117 cm³/mol. The molecule has 0 radical (unpaired) electrons. The fraction of sp³-hybridized carbons (Fsp3) is 0.429. The van der Waals surface area contributed by atoms with Crippen LogP contribution in [0.3, 0.4) is 0 Å². The normalized spacial score (nSPS) is 15.0. The number of benzene rings is 1. The van der Waals surface area contributed by atoms with Crippen molar-refractivity contribution in [3.8, 4) is 10.9 Å². The molecule has 1 N–H and O–H groups in total. The zero-order valence-electron chi connectivity index (χ0n) is 17.0. The maximum Gasteiger partial charge on any atom is 0.218 e. The molecule has 1 aliphatic rings. The van der Waals surface area contributed by atoms with Gasteiger partial charge in [0.25, 0.3) is 0 Å². The molecule has 0 amide bonds. The highest BCUT2D eigenvalue weighted by molar-refractivity contribution is 7.17. The van der Waals surface area contributed by atoms with Gasteiger partial charge in [0.15, 0.2) is 0 Å². The lowest BCUT2D eigenvalue weighted by atomic mass is 10.2. The van der Waals surface area contributed by atoms with Crippen molar-refractivity contribution in [3.63, 3.8) is 0 Å². The van der Waals surface area contributed by atoms with E-state index < -0.39 is 0 Å². The third kappa shape index (κ3) is 4.95.